The third kappa shape index (κ3) is 2.89. The van der Waals surface area contributed by atoms with Crippen LogP contribution in [-0.2, 0) is 6.42 Å². The molecule has 4 heteroatoms. The first kappa shape index (κ1) is 12.1. The fraction of sp³-hybridized carbons (Fsp3) is 0.400. The molecule has 1 saturated carbocycles. The Morgan fingerprint density at radius 1 is 1.21 bits per heavy atom. The van der Waals surface area contributed by atoms with Crippen molar-refractivity contribution < 1.29 is 0 Å². The fourth-order valence-electron chi connectivity index (χ4n) is 2.74. The van der Waals surface area contributed by atoms with Gasteiger partial charge in [-0.25, -0.2) is 4.98 Å². The predicted octanol–water partition coefficient (Wildman–Crippen LogP) is 2.41. The Labute approximate surface area is 111 Å². The highest BCUT2D eigenvalue weighted by Gasteiger charge is 2.19. The lowest BCUT2D eigenvalue weighted by molar-refractivity contribution is 0.683. The number of aromatic amines is 1. The summed E-state index contributed by atoms with van der Waals surface area (Å²) in [4.78, 5) is 23.2. The summed E-state index contributed by atoms with van der Waals surface area (Å²) in [5, 5.41) is 0. The molecular formula is C15H17N3O. The van der Waals surface area contributed by atoms with Crippen molar-refractivity contribution in [1.29, 1.82) is 0 Å². The number of hydrogen-bond donors (Lipinski definition) is 1. The molecule has 0 aliphatic heterocycles. The first-order valence-corrected chi connectivity index (χ1v) is 6.80. The molecule has 1 N–H and O–H groups in total. The molecule has 0 radical (unpaired) electrons. The molecule has 1 aliphatic rings. The highest BCUT2D eigenvalue weighted by atomic mass is 16.1. The molecule has 0 atom stereocenters. The molecular weight excluding hydrogens is 238 g/mol. The monoisotopic (exact) mass is 255 g/mol. The van der Waals surface area contributed by atoms with Gasteiger partial charge in [-0.05, 0) is 30.5 Å². The van der Waals surface area contributed by atoms with Crippen molar-refractivity contribution in [2.75, 3.05) is 0 Å². The molecule has 19 heavy (non-hydrogen) atoms. The van der Waals surface area contributed by atoms with Crippen molar-refractivity contribution >= 4 is 0 Å². The third-order valence-electron chi connectivity index (χ3n) is 3.70. The summed E-state index contributed by atoms with van der Waals surface area (Å²) in [6, 6.07) is 5.55. The zero-order valence-corrected chi connectivity index (χ0v) is 10.8. The van der Waals surface area contributed by atoms with E-state index in [1.165, 1.54) is 12.8 Å². The van der Waals surface area contributed by atoms with Gasteiger partial charge >= 0.3 is 0 Å². The number of rotatable bonds is 3. The summed E-state index contributed by atoms with van der Waals surface area (Å²) in [5.41, 5.74) is 2.04. The van der Waals surface area contributed by atoms with Crippen molar-refractivity contribution in [3.63, 3.8) is 0 Å². The number of nitrogens with zero attached hydrogens (tertiary/aromatic N) is 2. The number of H-pyrrole nitrogens is 1. The fourth-order valence-corrected chi connectivity index (χ4v) is 2.74. The van der Waals surface area contributed by atoms with E-state index in [1.54, 1.807) is 18.5 Å². The lowest BCUT2D eigenvalue weighted by Gasteiger charge is -2.09. The van der Waals surface area contributed by atoms with E-state index in [9.17, 15) is 4.79 Å². The Morgan fingerprint density at radius 2 is 1.95 bits per heavy atom. The first-order valence-electron chi connectivity index (χ1n) is 6.80. The minimum atomic E-state index is -0.0408. The van der Waals surface area contributed by atoms with Crippen LogP contribution in [0.5, 0.6) is 0 Å². The average molecular weight is 255 g/mol. The van der Waals surface area contributed by atoms with Crippen LogP contribution >= 0.6 is 0 Å². The van der Waals surface area contributed by atoms with Gasteiger partial charge in [0.2, 0.25) is 0 Å². The molecule has 0 aromatic carbocycles. The molecule has 0 bridgehead atoms. The van der Waals surface area contributed by atoms with Crippen LogP contribution in [0.1, 0.15) is 48.7 Å². The quantitative estimate of drug-likeness (QED) is 0.916. The minimum absolute atomic E-state index is 0.0408. The van der Waals surface area contributed by atoms with E-state index in [2.05, 4.69) is 15.0 Å². The minimum Gasteiger partial charge on any atom is -0.310 e. The van der Waals surface area contributed by atoms with Crippen molar-refractivity contribution in [2.45, 2.75) is 38.0 Å². The van der Waals surface area contributed by atoms with Gasteiger partial charge in [-0.1, -0.05) is 12.8 Å². The van der Waals surface area contributed by atoms with E-state index in [4.69, 9.17) is 0 Å². The molecule has 98 valence electrons. The summed E-state index contributed by atoms with van der Waals surface area (Å²) in [6.45, 7) is 0. The smallest absolute Gasteiger partial charge is 0.251 e. The maximum absolute atomic E-state index is 11.8. The Morgan fingerprint density at radius 3 is 2.68 bits per heavy atom. The van der Waals surface area contributed by atoms with Crippen LogP contribution < -0.4 is 5.56 Å². The van der Waals surface area contributed by atoms with Crippen LogP contribution in [-0.4, -0.2) is 15.0 Å². The lowest BCUT2D eigenvalue weighted by Crippen LogP contribution is -2.14. The van der Waals surface area contributed by atoms with Gasteiger partial charge in [-0.3, -0.25) is 9.78 Å². The van der Waals surface area contributed by atoms with Gasteiger partial charge in [-0.15, -0.1) is 0 Å². The van der Waals surface area contributed by atoms with Crippen molar-refractivity contribution in [1.82, 2.24) is 15.0 Å². The van der Waals surface area contributed by atoms with E-state index in [0.29, 0.717) is 12.3 Å². The third-order valence-corrected chi connectivity index (χ3v) is 3.70. The Balaban J connectivity index is 1.87. The second-order valence-electron chi connectivity index (χ2n) is 5.13. The maximum atomic E-state index is 11.8. The average Bonchev–Trinajstić information content (AvgIpc) is 2.93. The van der Waals surface area contributed by atoms with Crippen LogP contribution in [0.25, 0.3) is 0 Å². The molecule has 2 aromatic heterocycles. The summed E-state index contributed by atoms with van der Waals surface area (Å²) >= 11 is 0. The van der Waals surface area contributed by atoms with Gasteiger partial charge < -0.3 is 4.98 Å². The Kier molecular flexibility index (Phi) is 3.40. The molecule has 3 rings (SSSR count). The number of nitrogens with one attached hydrogen (secondary N) is 1. The van der Waals surface area contributed by atoms with E-state index in [-0.39, 0.29) is 5.56 Å². The lowest BCUT2D eigenvalue weighted by atomic mass is 10.0. The molecule has 0 unspecified atom stereocenters. The van der Waals surface area contributed by atoms with Crippen molar-refractivity contribution in [2.24, 2.45) is 0 Å². The van der Waals surface area contributed by atoms with E-state index < -0.39 is 0 Å². The van der Waals surface area contributed by atoms with Gasteiger partial charge in [0, 0.05) is 30.8 Å². The van der Waals surface area contributed by atoms with Gasteiger partial charge in [0.25, 0.3) is 5.56 Å². The van der Waals surface area contributed by atoms with Gasteiger partial charge in [0.1, 0.15) is 5.82 Å². The molecule has 0 amide bonds. The normalized spacial score (nSPS) is 15.8. The zero-order valence-electron chi connectivity index (χ0n) is 10.8. The summed E-state index contributed by atoms with van der Waals surface area (Å²) in [7, 11) is 0. The molecule has 1 fully saturated rings. The highest BCUT2D eigenvalue weighted by Crippen LogP contribution is 2.32. The summed E-state index contributed by atoms with van der Waals surface area (Å²) in [5.74, 6) is 1.22. The van der Waals surface area contributed by atoms with Crippen LogP contribution in [0.3, 0.4) is 0 Å². The topological polar surface area (TPSA) is 58.6 Å². The molecule has 2 heterocycles. The SMILES string of the molecule is O=c1cc(C2CCCC2)nc(Cc2ccncc2)[nH]1. The van der Waals surface area contributed by atoms with Crippen LogP contribution in [0, 0.1) is 0 Å². The number of aromatic nitrogens is 3. The summed E-state index contributed by atoms with van der Waals surface area (Å²) < 4.78 is 0. The van der Waals surface area contributed by atoms with Crippen LogP contribution in [0.4, 0.5) is 0 Å². The number of pyridine rings is 1. The second kappa shape index (κ2) is 5.34. The van der Waals surface area contributed by atoms with E-state index >= 15 is 0 Å². The molecule has 0 spiro atoms. The van der Waals surface area contributed by atoms with Crippen LogP contribution in [0.15, 0.2) is 35.4 Å². The predicted molar refractivity (Wildman–Crippen MR) is 73.1 cm³/mol. The first-order chi connectivity index (χ1) is 9.31. The van der Waals surface area contributed by atoms with Crippen molar-refractivity contribution in [3.05, 3.63) is 58.0 Å². The Hall–Kier alpha value is -1.97. The van der Waals surface area contributed by atoms with Crippen LogP contribution in [0.2, 0.25) is 0 Å². The largest absolute Gasteiger partial charge is 0.310 e. The highest BCUT2D eigenvalue weighted by molar-refractivity contribution is 5.17. The number of hydrogen-bond acceptors (Lipinski definition) is 3. The summed E-state index contributed by atoms with van der Waals surface area (Å²) in [6.07, 6.45) is 8.98. The second-order valence-corrected chi connectivity index (χ2v) is 5.13. The zero-order chi connectivity index (χ0) is 13.1. The maximum Gasteiger partial charge on any atom is 0.251 e. The van der Waals surface area contributed by atoms with E-state index in [1.807, 2.05) is 12.1 Å². The van der Waals surface area contributed by atoms with Gasteiger partial charge in [0.15, 0.2) is 0 Å². The standard InChI is InChI=1S/C15H17N3O/c19-15-10-13(12-3-1-2-4-12)17-14(18-15)9-11-5-7-16-8-6-11/h5-8,10,12H,1-4,9H2,(H,17,18,19). The van der Waals surface area contributed by atoms with E-state index in [0.717, 1.165) is 29.9 Å². The van der Waals surface area contributed by atoms with Gasteiger partial charge in [0.05, 0.1) is 5.69 Å². The molecule has 4 nitrogen and oxygen atoms in total. The molecule has 2 aromatic rings. The molecule has 0 saturated heterocycles. The van der Waals surface area contributed by atoms with Crippen molar-refractivity contribution in [3.8, 4) is 0 Å². The molecule has 1 aliphatic carbocycles. The Bertz CT molecular complexity index is 600. The van der Waals surface area contributed by atoms with Gasteiger partial charge in [-0.2, -0.15) is 0 Å².